The van der Waals surface area contributed by atoms with Gasteiger partial charge in [0.2, 0.25) is 6.29 Å². The SMILES string of the molecule is CCCC([C]=O)c1cccc2c1C(=O)c1ccccc1C2=O. The first-order valence-corrected chi connectivity index (χ1v) is 7.38. The molecule has 22 heavy (non-hydrogen) atoms. The highest BCUT2D eigenvalue weighted by atomic mass is 16.1. The quantitative estimate of drug-likeness (QED) is 0.739. The maximum atomic E-state index is 12.8. The largest absolute Gasteiger partial charge is 0.290 e. The Morgan fingerprint density at radius 3 is 2.18 bits per heavy atom. The van der Waals surface area contributed by atoms with E-state index in [9.17, 15) is 14.4 Å². The van der Waals surface area contributed by atoms with Crippen LogP contribution >= 0.6 is 0 Å². The lowest BCUT2D eigenvalue weighted by atomic mass is 9.78. The van der Waals surface area contributed by atoms with Crippen LogP contribution in [0.1, 0.15) is 63.1 Å². The molecule has 3 rings (SSSR count). The Bertz CT molecular complexity index is 774. The van der Waals surface area contributed by atoms with Crippen molar-refractivity contribution in [3.05, 3.63) is 70.3 Å². The number of fused-ring (bicyclic) bond motifs is 2. The zero-order chi connectivity index (χ0) is 15.7. The monoisotopic (exact) mass is 291 g/mol. The van der Waals surface area contributed by atoms with Gasteiger partial charge in [0.15, 0.2) is 11.6 Å². The second kappa shape index (κ2) is 5.68. The summed E-state index contributed by atoms with van der Waals surface area (Å²) in [4.78, 5) is 36.7. The molecule has 0 aromatic heterocycles. The van der Waals surface area contributed by atoms with Crippen molar-refractivity contribution in [2.24, 2.45) is 0 Å². The molecule has 2 aromatic carbocycles. The van der Waals surface area contributed by atoms with Gasteiger partial charge in [-0.1, -0.05) is 55.8 Å². The van der Waals surface area contributed by atoms with Crippen LogP contribution in [0.4, 0.5) is 0 Å². The van der Waals surface area contributed by atoms with Gasteiger partial charge < -0.3 is 0 Å². The summed E-state index contributed by atoms with van der Waals surface area (Å²) >= 11 is 0. The summed E-state index contributed by atoms with van der Waals surface area (Å²) in [5.74, 6) is -0.813. The van der Waals surface area contributed by atoms with E-state index in [4.69, 9.17) is 0 Å². The summed E-state index contributed by atoms with van der Waals surface area (Å²) in [6.45, 7) is 1.97. The number of benzene rings is 2. The van der Waals surface area contributed by atoms with Gasteiger partial charge in [0.05, 0.1) is 5.92 Å². The maximum Gasteiger partial charge on any atom is 0.206 e. The molecule has 0 N–H and O–H groups in total. The highest BCUT2D eigenvalue weighted by Gasteiger charge is 2.32. The molecule has 0 saturated heterocycles. The molecule has 1 aliphatic rings. The summed E-state index contributed by atoms with van der Waals surface area (Å²) in [5, 5.41) is 0. The second-order valence-electron chi connectivity index (χ2n) is 5.43. The van der Waals surface area contributed by atoms with E-state index in [1.807, 2.05) is 13.2 Å². The van der Waals surface area contributed by atoms with Crippen LogP contribution in [-0.4, -0.2) is 17.9 Å². The molecular formula is C19H15O3. The van der Waals surface area contributed by atoms with Crippen molar-refractivity contribution in [1.29, 1.82) is 0 Å². The molecule has 0 aliphatic heterocycles. The first-order valence-electron chi connectivity index (χ1n) is 7.38. The lowest BCUT2D eigenvalue weighted by Crippen LogP contribution is -2.23. The predicted molar refractivity (Wildman–Crippen MR) is 83.1 cm³/mol. The van der Waals surface area contributed by atoms with Crippen LogP contribution in [0, 0.1) is 0 Å². The Balaban J connectivity index is 2.23. The average molecular weight is 291 g/mol. The van der Waals surface area contributed by atoms with Gasteiger partial charge in [0, 0.05) is 22.3 Å². The third-order valence-electron chi connectivity index (χ3n) is 4.08. The van der Waals surface area contributed by atoms with Crippen molar-refractivity contribution in [1.82, 2.24) is 0 Å². The Labute approximate surface area is 129 Å². The molecule has 3 heteroatoms. The third kappa shape index (κ3) is 2.10. The van der Waals surface area contributed by atoms with Crippen molar-refractivity contribution < 1.29 is 14.4 Å². The molecular weight excluding hydrogens is 276 g/mol. The van der Waals surface area contributed by atoms with Crippen LogP contribution in [0.5, 0.6) is 0 Å². The maximum absolute atomic E-state index is 12.8. The fourth-order valence-corrected chi connectivity index (χ4v) is 3.03. The van der Waals surface area contributed by atoms with E-state index in [0.29, 0.717) is 34.2 Å². The van der Waals surface area contributed by atoms with Gasteiger partial charge in [-0.25, -0.2) is 0 Å². The molecule has 0 bridgehead atoms. The molecule has 3 nitrogen and oxygen atoms in total. The number of rotatable bonds is 4. The summed E-state index contributed by atoms with van der Waals surface area (Å²) in [6, 6.07) is 12.0. The molecule has 0 saturated carbocycles. The number of ketones is 2. The van der Waals surface area contributed by atoms with Gasteiger partial charge in [-0.15, -0.1) is 0 Å². The Hall–Kier alpha value is -2.55. The average Bonchev–Trinajstić information content (AvgIpc) is 2.57. The van der Waals surface area contributed by atoms with Gasteiger partial charge in [0.1, 0.15) is 0 Å². The van der Waals surface area contributed by atoms with Gasteiger partial charge in [-0.3, -0.25) is 14.4 Å². The van der Waals surface area contributed by atoms with Crippen molar-refractivity contribution in [2.75, 3.05) is 0 Å². The van der Waals surface area contributed by atoms with Crippen LogP contribution in [0.3, 0.4) is 0 Å². The Morgan fingerprint density at radius 1 is 0.909 bits per heavy atom. The lowest BCUT2D eigenvalue weighted by Gasteiger charge is -2.22. The minimum absolute atomic E-state index is 0.159. The number of hydrogen-bond donors (Lipinski definition) is 0. The van der Waals surface area contributed by atoms with E-state index in [0.717, 1.165) is 6.42 Å². The van der Waals surface area contributed by atoms with Crippen molar-refractivity contribution in [3.63, 3.8) is 0 Å². The first-order chi connectivity index (χ1) is 10.7. The molecule has 0 amide bonds. The molecule has 0 fully saturated rings. The van der Waals surface area contributed by atoms with Gasteiger partial charge in [-0.05, 0) is 12.0 Å². The van der Waals surface area contributed by atoms with Crippen LogP contribution in [0.2, 0.25) is 0 Å². The molecule has 0 spiro atoms. The summed E-state index contributed by atoms with van der Waals surface area (Å²) in [6.07, 6.45) is 3.44. The molecule has 0 heterocycles. The molecule has 1 unspecified atom stereocenters. The molecule has 109 valence electrons. The van der Waals surface area contributed by atoms with Crippen molar-refractivity contribution in [3.8, 4) is 0 Å². The van der Waals surface area contributed by atoms with E-state index in [1.165, 1.54) is 0 Å². The summed E-state index contributed by atoms with van der Waals surface area (Å²) in [5.41, 5.74) is 2.21. The van der Waals surface area contributed by atoms with Gasteiger partial charge >= 0.3 is 0 Å². The summed E-state index contributed by atoms with van der Waals surface area (Å²) in [7, 11) is 0. The van der Waals surface area contributed by atoms with Gasteiger partial charge in [-0.2, -0.15) is 0 Å². The predicted octanol–water partition coefficient (Wildman–Crippen LogP) is 3.46. The molecule has 2 aromatic rings. The van der Waals surface area contributed by atoms with E-state index in [1.54, 1.807) is 42.5 Å². The number of hydrogen-bond acceptors (Lipinski definition) is 3. The van der Waals surface area contributed by atoms with Crippen LogP contribution in [-0.2, 0) is 4.79 Å². The molecule has 1 aliphatic carbocycles. The van der Waals surface area contributed by atoms with E-state index in [-0.39, 0.29) is 11.6 Å². The number of carbonyl (C=O) groups excluding carboxylic acids is 3. The fourth-order valence-electron chi connectivity index (χ4n) is 3.03. The van der Waals surface area contributed by atoms with Gasteiger partial charge in [0.25, 0.3) is 0 Å². The van der Waals surface area contributed by atoms with Crippen molar-refractivity contribution >= 4 is 17.9 Å². The highest BCUT2D eigenvalue weighted by molar-refractivity contribution is 6.29. The Morgan fingerprint density at radius 2 is 1.55 bits per heavy atom. The highest BCUT2D eigenvalue weighted by Crippen LogP contribution is 2.33. The minimum atomic E-state index is -0.470. The smallest absolute Gasteiger partial charge is 0.206 e. The fraction of sp³-hybridized carbons (Fsp3) is 0.211. The van der Waals surface area contributed by atoms with Crippen LogP contribution in [0.25, 0.3) is 0 Å². The zero-order valence-electron chi connectivity index (χ0n) is 12.3. The van der Waals surface area contributed by atoms with Crippen LogP contribution in [0.15, 0.2) is 42.5 Å². The zero-order valence-corrected chi connectivity index (χ0v) is 12.3. The first kappa shape index (κ1) is 14.4. The second-order valence-corrected chi connectivity index (χ2v) is 5.43. The third-order valence-corrected chi connectivity index (χ3v) is 4.08. The van der Waals surface area contributed by atoms with Crippen LogP contribution < -0.4 is 0 Å². The summed E-state index contributed by atoms with van der Waals surface area (Å²) < 4.78 is 0. The minimum Gasteiger partial charge on any atom is -0.290 e. The normalized spacial score (nSPS) is 14.2. The van der Waals surface area contributed by atoms with E-state index in [2.05, 4.69) is 0 Å². The van der Waals surface area contributed by atoms with E-state index >= 15 is 0 Å². The lowest BCUT2D eigenvalue weighted by molar-refractivity contribution is 0.0978. The number of carbonyl (C=O) groups is 2. The van der Waals surface area contributed by atoms with E-state index < -0.39 is 5.92 Å². The Kier molecular flexibility index (Phi) is 3.72. The standard InChI is InChI=1S/C19H15O3/c1-2-6-12(11-20)13-9-5-10-16-17(13)19(22)15-8-4-3-7-14(15)18(16)21/h3-5,7-10,12H,2,6H2,1H3. The van der Waals surface area contributed by atoms with Crippen molar-refractivity contribution in [2.45, 2.75) is 25.7 Å². The topological polar surface area (TPSA) is 51.2 Å². The molecule has 1 atom stereocenters. The molecule has 1 radical (unpaired) electrons.